The smallest absolute Gasteiger partial charge is 0.236 e. The van der Waals surface area contributed by atoms with Crippen LogP contribution in [0.5, 0.6) is 0 Å². The molecule has 2 heterocycles. The van der Waals surface area contributed by atoms with Gasteiger partial charge in [-0.3, -0.25) is 10.1 Å². The van der Waals surface area contributed by atoms with Crippen molar-refractivity contribution in [3.63, 3.8) is 0 Å². The maximum atomic E-state index is 12.3. The van der Waals surface area contributed by atoms with Crippen LogP contribution >= 0.6 is 0 Å². The van der Waals surface area contributed by atoms with E-state index in [4.69, 9.17) is 15.9 Å². The highest BCUT2D eigenvalue weighted by Gasteiger charge is 2.26. The zero-order valence-electron chi connectivity index (χ0n) is 12.0. The zero-order valence-corrected chi connectivity index (χ0v) is 12.0. The van der Waals surface area contributed by atoms with E-state index in [0.717, 1.165) is 38.9 Å². The number of rotatable bonds is 7. The van der Waals surface area contributed by atoms with Gasteiger partial charge >= 0.3 is 0 Å². The van der Waals surface area contributed by atoms with Gasteiger partial charge in [-0.1, -0.05) is 5.92 Å². The Bertz CT molecular complexity index is 324. The Morgan fingerprint density at radius 2 is 1.80 bits per heavy atom. The molecule has 2 atom stereocenters. The van der Waals surface area contributed by atoms with Crippen LogP contribution in [0.3, 0.4) is 0 Å². The lowest BCUT2D eigenvalue weighted by Gasteiger charge is -2.27. The normalized spacial score (nSPS) is 25.6. The van der Waals surface area contributed by atoms with E-state index in [1.165, 1.54) is 0 Å². The van der Waals surface area contributed by atoms with Crippen LogP contribution in [0.25, 0.3) is 0 Å². The van der Waals surface area contributed by atoms with Gasteiger partial charge in [0.15, 0.2) is 0 Å². The van der Waals surface area contributed by atoms with Crippen LogP contribution in [-0.4, -0.2) is 62.4 Å². The Morgan fingerprint density at radius 1 is 1.20 bits per heavy atom. The molecule has 2 aliphatic rings. The van der Waals surface area contributed by atoms with Crippen molar-refractivity contribution >= 4 is 5.91 Å². The Hall–Kier alpha value is -1.09. The van der Waals surface area contributed by atoms with E-state index in [1.54, 1.807) is 0 Å². The van der Waals surface area contributed by atoms with Crippen LogP contribution in [0.15, 0.2) is 0 Å². The first-order chi connectivity index (χ1) is 9.79. The number of amides is 1. The van der Waals surface area contributed by atoms with E-state index in [2.05, 4.69) is 11.2 Å². The molecule has 1 amide bonds. The van der Waals surface area contributed by atoms with Gasteiger partial charge in [0.05, 0.1) is 25.3 Å². The molecule has 0 bridgehead atoms. The van der Waals surface area contributed by atoms with Crippen LogP contribution in [0, 0.1) is 12.3 Å². The number of ether oxygens (including phenoxy) is 2. The molecule has 0 aromatic carbocycles. The molecular weight excluding hydrogens is 256 g/mol. The van der Waals surface area contributed by atoms with E-state index in [9.17, 15) is 4.79 Å². The molecular formula is C15H24N2O3. The molecule has 0 spiro atoms. The Labute approximate surface area is 121 Å². The summed E-state index contributed by atoms with van der Waals surface area (Å²) in [6.45, 7) is 3.64. The maximum absolute atomic E-state index is 12.3. The van der Waals surface area contributed by atoms with Gasteiger partial charge in [0.2, 0.25) is 5.91 Å². The van der Waals surface area contributed by atoms with Gasteiger partial charge in [-0.05, 0) is 25.7 Å². The molecule has 2 saturated heterocycles. The summed E-state index contributed by atoms with van der Waals surface area (Å²) in [5.74, 6) is 2.55. The van der Waals surface area contributed by atoms with E-state index < -0.39 is 0 Å². The largest absolute Gasteiger partial charge is 0.376 e. The predicted octanol–water partition coefficient (Wildman–Crippen LogP) is 0.396. The van der Waals surface area contributed by atoms with Crippen LogP contribution in [0.1, 0.15) is 25.7 Å². The second kappa shape index (κ2) is 8.25. The summed E-state index contributed by atoms with van der Waals surface area (Å²) in [4.78, 5) is 14.1. The van der Waals surface area contributed by atoms with E-state index in [-0.39, 0.29) is 24.7 Å². The molecule has 112 valence electrons. The quantitative estimate of drug-likeness (QED) is 0.542. The van der Waals surface area contributed by atoms with E-state index in [0.29, 0.717) is 19.6 Å². The fourth-order valence-electron chi connectivity index (χ4n) is 2.70. The minimum Gasteiger partial charge on any atom is -0.376 e. The van der Waals surface area contributed by atoms with Crippen molar-refractivity contribution in [1.82, 2.24) is 10.2 Å². The highest BCUT2D eigenvalue weighted by Crippen LogP contribution is 2.17. The second-order valence-corrected chi connectivity index (χ2v) is 5.38. The second-order valence-electron chi connectivity index (χ2n) is 5.38. The number of hydrogen-bond donors (Lipinski definition) is 1. The highest BCUT2D eigenvalue weighted by atomic mass is 16.5. The van der Waals surface area contributed by atoms with E-state index in [1.807, 2.05) is 4.90 Å². The van der Waals surface area contributed by atoms with Crippen molar-refractivity contribution in [1.29, 1.82) is 0 Å². The third-order valence-electron chi connectivity index (χ3n) is 3.75. The third-order valence-corrected chi connectivity index (χ3v) is 3.75. The standard InChI is InChI=1S/C15H24N2O3/c1-2-7-16-10-15(18)17(11-13-5-3-8-19-13)12-14-6-4-9-20-14/h1,13-14,16H,3-12H2. The van der Waals surface area contributed by atoms with Gasteiger partial charge < -0.3 is 14.4 Å². The van der Waals surface area contributed by atoms with Crippen LogP contribution in [0.4, 0.5) is 0 Å². The number of hydrogen-bond acceptors (Lipinski definition) is 4. The monoisotopic (exact) mass is 280 g/mol. The van der Waals surface area contributed by atoms with Crippen molar-refractivity contribution < 1.29 is 14.3 Å². The van der Waals surface area contributed by atoms with Crippen LogP contribution < -0.4 is 5.32 Å². The number of terminal acetylenes is 1. The van der Waals surface area contributed by atoms with Gasteiger partial charge in [0, 0.05) is 26.3 Å². The molecule has 2 unspecified atom stereocenters. The first-order valence-electron chi connectivity index (χ1n) is 7.44. The lowest BCUT2D eigenvalue weighted by molar-refractivity contribution is -0.133. The number of nitrogens with one attached hydrogen (secondary N) is 1. The fourth-order valence-corrected chi connectivity index (χ4v) is 2.70. The summed E-state index contributed by atoms with van der Waals surface area (Å²) in [5.41, 5.74) is 0. The first-order valence-corrected chi connectivity index (χ1v) is 7.44. The van der Waals surface area contributed by atoms with Crippen LogP contribution in [0.2, 0.25) is 0 Å². The maximum Gasteiger partial charge on any atom is 0.236 e. The average molecular weight is 280 g/mol. The molecule has 0 aromatic heterocycles. The first kappa shape index (κ1) is 15.3. The van der Waals surface area contributed by atoms with E-state index >= 15 is 0 Å². The molecule has 2 aliphatic heterocycles. The minimum absolute atomic E-state index is 0.0752. The molecule has 0 saturated carbocycles. The lowest BCUT2D eigenvalue weighted by Crippen LogP contribution is -2.45. The summed E-state index contributed by atoms with van der Waals surface area (Å²) in [6, 6.07) is 0. The SMILES string of the molecule is C#CCNCC(=O)N(CC1CCCO1)CC1CCCO1. The Kier molecular flexibility index (Phi) is 6.31. The van der Waals surface area contributed by atoms with Gasteiger partial charge in [-0.15, -0.1) is 6.42 Å². The number of nitrogens with zero attached hydrogens (tertiary/aromatic N) is 1. The molecule has 2 fully saturated rings. The predicted molar refractivity (Wildman–Crippen MR) is 76.2 cm³/mol. The molecule has 2 rings (SSSR count). The zero-order chi connectivity index (χ0) is 14.2. The summed E-state index contributed by atoms with van der Waals surface area (Å²) < 4.78 is 11.3. The number of carbonyl (C=O) groups is 1. The molecule has 0 aromatic rings. The average Bonchev–Trinajstić information content (AvgIpc) is 3.11. The Balaban J connectivity index is 1.83. The fraction of sp³-hybridized carbons (Fsp3) is 0.800. The molecule has 20 heavy (non-hydrogen) atoms. The number of carbonyl (C=O) groups excluding carboxylic acids is 1. The third kappa shape index (κ3) is 4.78. The van der Waals surface area contributed by atoms with Crippen molar-refractivity contribution in [2.45, 2.75) is 37.9 Å². The Morgan fingerprint density at radius 3 is 2.25 bits per heavy atom. The molecule has 0 radical (unpaired) electrons. The van der Waals surface area contributed by atoms with Gasteiger partial charge in [0.1, 0.15) is 0 Å². The molecule has 5 heteroatoms. The summed E-state index contributed by atoms with van der Waals surface area (Å²) in [5, 5.41) is 2.96. The van der Waals surface area contributed by atoms with Crippen molar-refractivity contribution in [3.05, 3.63) is 0 Å². The van der Waals surface area contributed by atoms with Gasteiger partial charge in [-0.2, -0.15) is 0 Å². The highest BCUT2D eigenvalue weighted by molar-refractivity contribution is 5.78. The lowest BCUT2D eigenvalue weighted by atomic mass is 10.2. The molecule has 0 aliphatic carbocycles. The van der Waals surface area contributed by atoms with Crippen molar-refractivity contribution in [2.75, 3.05) is 39.4 Å². The summed E-state index contributed by atoms with van der Waals surface area (Å²) >= 11 is 0. The minimum atomic E-state index is 0.0752. The van der Waals surface area contributed by atoms with Gasteiger partial charge in [-0.25, -0.2) is 0 Å². The van der Waals surface area contributed by atoms with Crippen molar-refractivity contribution in [2.24, 2.45) is 0 Å². The molecule has 1 N–H and O–H groups in total. The topological polar surface area (TPSA) is 50.8 Å². The summed E-state index contributed by atoms with van der Waals surface area (Å²) in [7, 11) is 0. The van der Waals surface area contributed by atoms with Gasteiger partial charge in [0.25, 0.3) is 0 Å². The van der Waals surface area contributed by atoms with Crippen LogP contribution in [-0.2, 0) is 14.3 Å². The summed E-state index contributed by atoms with van der Waals surface area (Å²) in [6.07, 6.45) is 9.77. The molecule has 5 nitrogen and oxygen atoms in total. The van der Waals surface area contributed by atoms with Crippen molar-refractivity contribution in [3.8, 4) is 12.3 Å².